The monoisotopic (exact) mass is 360 g/mol. The molecule has 2 fully saturated rings. The molecule has 3 heterocycles. The fourth-order valence-electron chi connectivity index (χ4n) is 4.57. The Morgan fingerprint density at radius 1 is 1.11 bits per heavy atom. The van der Waals surface area contributed by atoms with E-state index < -0.39 is 0 Å². The lowest BCUT2D eigenvalue weighted by atomic mass is 9.88. The SMILES string of the molecule is CC(C)(C)c1ccc2ncc(-c3cccc(N[C@H]4CCCC45CC5)n3)n2c1. The number of nitrogens with one attached hydrogen (secondary N) is 1. The lowest BCUT2D eigenvalue weighted by Gasteiger charge is -2.21. The summed E-state index contributed by atoms with van der Waals surface area (Å²) in [6, 6.07) is 11.2. The number of anilines is 1. The van der Waals surface area contributed by atoms with Crippen molar-refractivity contribution in [2.24, 2.45) is 5.41 Å². The van der Waals surface area contributed by atoms with Crippen LogP contribution in [0.15, 0.2) is 42.7 Å². The maximum Gasteiger partial charge on any atom is 0.137 e. The van der Waals surface area contributed by atoms with Gasteiger partial charge < -0.3 is 5.32 Å². The number of rotatable bonds is 3. The number of hydrogen-bond donors (Lipinski definition) is 1. The van der Waals surface area contributed by atoms with Gasteiger partial charge in [-0.3, -0.25) is 4.40 Å². The van der Waals surface area contributed by atoms with Crippen molar-refractivity contribution in [2.75, 3.05) is 5.32 Å². The third kappa shape index (κ3) is 2.91. The van der Waals surface area contributed by atoms with E-state index in [1.54, 1.807) is 0 Å². The van der Waals surface area contributed by atoms with Gasteiger partial charge >= 0.3 is 0 Å². The van der Waals surface area contributed by atoms with Crippen LogP contribution >= 0.6 is 0 Å². The van der Waals surface area contributed by atoms with Crippen LogP contribution in [0.3, 0.4) is 0 Å². The summed E-state index contributed by atoms with van der Waals surface area (Å²) in [4.78, 5) is 9.53. The average Bonchev–Trinajstić information content (AvgIpc) is 3.13. The molecule has 4 heteroatoms. The van der Waals surface area contributed by atoms with Crippen molar-refractivity contribution in [1.82, 2.24) is 14.4 Å². The predicted octanol–water partition coefficient (Wildman–Crippen LogP) is 5.44. The second-order valence-corrected chi connectivity index (χ2v) is 9.40. The summed E-state index contributed by atoms with van der Waals surface area (Å²) in [6.07, 6.45) is 10.9. The van der Waals surface area contributed by atoms with E-state index in [0.29, 0.717) is 11.5 Å². The van der Waals surface area contributed by atoms with Gasteiger partial charge in [-0.2, -0.15) is 0 Å². The summed E-state index contributed by atoms with van der Waals surface area (Å²) in [5.74, 6) is 0.993. The molecule has 4 nitrogen and oxygen atoms in total. The zero-order chi connectivity index (χ0) is 18.6. The molecule has 0 amide bonds. The van der Waals surface area contributed by atoms with Crippen LogP contribution in [0, 0.1) is 5.41 Å². The molecular formula is C23H28N4. The summed E-state index contributed by atoms with van der Waals surface area (Å²) in [7, 11) is 0. The Labute approximate surface area is 161 Å². The summed E-state index contributed by atoms with van der Waals surface area (Å²) in [5.41, 5.74) is 4.96. The Balaban J connectivity index is 1.49. The van der Waals surface area contributed by atoms with Crippen LogP contribution in [0.1, 0.15) is 58.4 Å². The van der Waals surface area contributed by atoms with Gasteiger partial charge in [0.1, 0.15) is 11.5 Å². The number of aromatic nitrogens is 3. The molecule has 1 spiro atoms. The van der Waals surface area contributed by atoms with Crippen LogP contribution in [0.25, 0.3) is 17.0 Å². The fraction of sp³-hybridized carbons (Fsp3) is 0.478. The second-order valence-electron chi connectivity index (χ2n) is 9.40. The second kappa shape index (κ2) is 5.82. The first kappa shape index (κ1) is 16.8. The Hall–Kier alpha value is -2.36. The Bertz CT molecular complexity index is 991. The maximum atomic E-state index is 4.94. The largest absolute Gasteiger partial charge is 0.367 e. The molecular weight excluding hydrogens is 332 g/mol. The van der Waals surface area contributed by atoms with Gasteiger partial charge in [-0.25, -0.2) is 9.97 Å². The van der Waals surface area contributed by atoms with E-state index in [1.165, 1.54) is 37.7 Å². The third-order valence-electron chi connectivity index (χ3n) is 6.50. The Kier molecular flexibility index (Phi) is 3.62. The van der Waals surface area contributed by atoms with Gasteiger partial charge in [0, 0.05) is 12.2 Å². The van der Waals surface area contributed by atoms with Gasteiger partial charge in [0.15, 0.2) is 0 Å². The van der Waals surface area contributed by atoms with E-state index in [0.717, 1.165) is 22.9 Å². The molecule has 2 aliphatic rings. The van der Waals surface area contributed by atoms with E-state index in [1.807, 2.05) is 6.20 Å². The standard InChI is InChI=1S/C23H28N4/c1-22(2,3)16-9-10-21-24-14-18(27(21)15-16)17-6-4-8-20(25-17)26-19-7-5-11-23(19)12-13-23/h4,6,8-10,14-15,19H,5,7,11-13H2,1-3H3,(H,25,26)/t19-/m0/s1. The quantitative estimate of drug-likeness (QED) is 0.676. The minimum absolute atomic E-state index is 0.105. The first-order valence-electron chi connectivity index (χ1n) is 10.2. The predicted molar refractivity (Wildman–Crippen MR) is 110 cm³/mol. The molecule has 1 atom stereocenters. The smallest absolute Gasteiger partial charge is 0.137 e. The summed E-state index contributed by atoms with van der Waals surface area (Å²) < 4.78 is 2.17. The summed E-state index contributed by atoms with van der Waals surface area (Å²) in [5, 5.41) is 3.74. The summed E-state index contributed by atoms with van der Waals surface area (Å²) in [6.45, 7) is 6.72. The van der Waals surface area contributed by atoms with E-state index in [2.05, 4.69) is 72.0 Å². The number of fused-ring (bicyclic) bond motifs is 1. The van der Waals surface area contributed by atoms with Crippen LogP contribution in [0.2, 0.25) is 0 Å². The third-order valence-corrected chi connectivity index (χ3v) is 6.50. The van der Waals surface area contributed by atoms with E-state index in [-0.39, 0.29) is 5.41 Å². The molecule has 0 aliphatic heterocycles. The van der Waals surface area contributed by atoms with Crippen molar-refractivity contribution in [3.63, 3.8) is 0 Å². The highest BCUT2D eigenvalue weighted by Crippen LogP contribution is 2.58. The Morgan fingerprint density at radius 3 is 2.74 bits per heavy atom. The summed E-state index contributed by atoms with van der Waals surface area (Å²) >= 11 is 0. The zero-order valence-electron chi connectivity index (χ0n) is 16.5. The molecule has 140 valence electrons. The van der Waals surface area contributed by atoms with Crippen LogP contribution in [-0.2, 0) is 5.41 Å². The van der Waals surface area contributed by atoms with Crippen LogP contribution in [-0.4, -0.2) is 20.4 Å². The van der Waals surface area contributed by atoms with E-state index >= 15 is 0 Å². The highest BCUT2D eigenvalue weighted by molar-refractivity contribution is 5.62. The maximum absolute atomic E-state index is 4.94. The fourth-order valence-corrected chi connectivity index (χ4v) is 4.57. The van der Waals surface area contributed by atoms with Gasteiger partial charge in [0.25, 0.3) is 0 Å². The Morgan fingerprint density at radius 2 is 1.96 bits per heavy atom. The number of hydrogen-bond acceptors (Lipinski definition) is 3. The number of imidazole rings is 1. The van der Waals surface area contributed by atoms with Crippen LogP contribution < -0.4 is 5.32 Å². The minimum atomic E-state index is 0.105. The molecule has 2 saturated carbocycles. The van der Waals surface area contributed by atoms with Crippen molar-refractivity contribution in [1.29, 1.82) is 0 Å². The lowest BCUT2D eigenvalue weighted by molar-refractivity contribution is 0.486. The molecule has 0 unspecified atom stereocenters. The zero-order valence-corrected chi connectivity index (χ0v) is 16.5. The molecule has 5 rings (SSSR count). The average molecular weight is 361 g/mol. The lowest BCUT2D eigenvalue weighted by Crippen LogP contribution is -2.25. The molecule has 0 bridgehead atoms. The van der Waals surface area contributed by atoms with Crippen molar-refractivity contribution < 1.29 is 0 Å². The van der Waals surface area contributed by atoms with Crippen molar-refractivity contribution >= 4 is 11.5 Å². The molecule has 0 radical (unpaired) electrons. The van der Waals surface area contributed by atoms with Crippen molar-refractivity contribution in [3.8, 4) is 11.4 Å². The number of nitrogens with zero attached hydrogens (tertiary/aromatic N) is 3. The van der Waals surface area contributed by atoms with Gasteiger partial charge in [-0.15, -0.1) is 0 Å². The van der Waals surface area contributed by atoms with Gasteiger partial charge in [0.05, 0.1) is 17.6 Å². The highest BCUT2D eigenvalue weighted by atomic mass is 15.1. The first-order chi connectivity index (χ1) is 12.9. The molecule has 0 saturated heterocycles. The highest BCUT2D eigenvalue weighted by Gasteiger charge is 2.51. The van der Waals surface area contributed by atoms with E-state index in [4.69, 9.17) is 4.98 Å². The molecule has 3 aromatic rings. The first-order valence-corrected chi connectivity index (χ1v) is 10.2. The van der Waals surface area contributed by atoms with Crippen LogP contribution in [0.5, 0.6) is 0 Å². The van der Waals surface area contributed by atoms with Gasteiger partial charge in [0.2, 0.25) is 0 Å². The molecule has 0 aromatic carbocycles. The van der Waals surface area contributed by atoms with Gasteiger partial charge in [-0.1, -0.05) is 39.3 Å². The molecule has 27 heavy (non-hydrogen) atoms. The van der Waals surface area contributed by atoms with Crippen molar-refractivity contribution in [3.05, 3.63) is 48.3 Å². The number of pyridine rings is 2. The molecule has 1 N–H and O–H groups in total. The normalized spacial score (nSPS) is 21.1. The topological polar surface area (TPSA) is 42.2 Å². The van der Waals surface area contributed by atoms with Gasteiger partial charge in [-0.05, 0) is 60.3 Å². The minimum Gasteiger partial charge on any atom is -0.367 e. The molecule has 3 aromatic heterocycles. The van der Waals surface area contributed by atoms with E-state index in [9.17, 15) is 0 Å². The van der Waals surface area contributed by atoms with Crippen LogP contribution in [0.4, 0.5) is 5.82 Å². The molecule has 2 aliphatic carbocycles. The van der Waals surface area contributed by atoms with Crippen molar-refractivity contribution in [2.45, 2.75) is 64.3 Å².